The number of anilines is 1. The van der Waals surface area contributed by atoms with Crippen molar-refractivity contribution in [2.45, 2.75) is 18.7 Å². The number of amides is 1. The van der Waals surface area contributed by atoms with Gasteiger partial charge < -0.3 is 9.64 Å². The summed E-state index contributed by atoms with van der Waals surface area (Å²) in [6, 6.07) is 10.5. The molecule has 0 fully saturated rings. The van der Waals surface area contributed by atoms with Gasteiger partial charge in [0.2, 0.25) is 10.0 Å². The van der Waals surface area contributed by atoms with E-state index in [1.165, 1.54) is 20.2 Å². The van der Waals surface area contributed by atoms with Gasteiger partial charge in [-0.2, -0.15) is 0 Å². The molecule has 0 aromatic heterocycles. The second-order valence-corrected chi connectivity index (χ2v) is 8.66. The Labute approximate surface area is 154 Å². The minimum atomic E-state index is -3.62. The van der Waals surface area contributed by atoms with Crippen molar-refractivity contribution in [1.82, 2.24) is 4.31 Å². The molecule has 1 heterocycles. The maximum atomic E-state index is 13.1. The van der Waals surface area contributed by atoms with Crippen molar-refractivity contribution in [3.8, 4) is 5.75 Å². The van der Waals surface area contributed by atoms with Crippen molar-refractivity contribution >= 4 is 21.6 Å². The van der Waals surface area contributed by atoms with Crippen molar-refractivity contribution < 1.29 is 17.9 Å². The molecule has 0 aliphatic carbocycles. The highest BCUT2D eigenvalue weighted by Gasteiger charge is 2.27. The molecule has 26 heavy (non-hydrogen) atoms. The average Bonchev–Trinajstić information content (AvgIpc) is 2.60. The first kappa shape index (κ1) is 18.4. The lowest BCUT2D eigenvalue weighted by Gasteiger charge is -2.30. The SMILES string of the molecule is Cc1ccc2c(c1)N(C(=O)c1ccc(C)c(S(=O)(=O)N(C)C)c1)CCO2. The fourth-order valence-electron chi connectivity index (χ4n) is 2.90. The number of hydrogen-bond acceptors (Lipinski definition) is 4. The Kier molecular flexibility index (Phi) is 4.77. The van der Waals surface area contributed by atoms with Gasteiger partial charge in [0.1, 0.15) is 12.4 Å². The highest BCUT2D eigenvalue weighted by Crippen LogP contribution is 2.33. The van der Waals surface area contributed by atoms with Gasteiger partial charge in [0.05, 0.1) is 17.1 Å². The number of ether oxygens (including phenoxy) is 1. The lowest BCUT2D eigenvalue weighted by atomic mass is 10.1. The van der Waals surface area contributed by atoms with E-state index in [9.17, 15) is 13.2 Å². The molecule has 0 spiro atoms. The number of hydrogen-bond donors (Lipinski definition) is 0. The van der Waals surface area contributed by atoms with E-state index in [4.69, 9.17) is 4.74 Å². The first-order chi connectivity index (χ1) is 12.2. The molecule has 2 aromatic rings. The van der Waals surface area contributed by atoms with E-state index < -0.39 is 10.0 Å². The van der Waals surface area contributed by atoms with E-state index in [0.29, 0.717) is 35.7 Å². The predicted molar refractivity (Wildman–Crippen MR) is 100 cm³/mol. The number of rotatable bonds is 3. The van der Waals surface area contributed by atoms with E-state index in [-0.39, 0.29) is 10.8 Å². The van der Waals surface area contributed by atoms with Crippen LogP contribution in [0.1, 0.15) is 21.5 Å². The second kappa shape index (κ2) is 6.74. The van der Waals surface area contributed by atoms with Gasteiger partial charge >= 0.3 is 0 Å². The van der Waals surface area contributed by atoms with Crippen molar-refractivity contribution in [1.29, 1.82) is 0 Å². The third-order valence-corrected chi connectivity index (χ3v) is 6.37. The molecular formula is C19H22N2O4S. The molecule has 0 saturated heterocycles. The molecule has 7 heteroatoms. The topological polar surface area (TPSA) is 66.9 Å². The van der Waals surface area contributed by atoms with E-state index in [2.05, 4.69) is 0 Å². The van der Waals surface area contributed by atoms with Gasteiger partial charge in [0.15, 0.2) is 0 Å². The third kappa shape index (κ3) is 3.20. The Bertz CT molecular complexity index is 967. The molecule has 0 unspecified atom stereocenters. The van der Waals surface area contributed by atoms with Gasteiger partial charge in [-0.1, -0.05) is 12.1 Å². The minimum Gasteiger partial charge on any atom is -0.490 e. The predicted octanol–water partition coefficient (Wildman–Crippen LogP) is 2.59. The van der Waals surface area contributed by atoms with E-state index in [1.54, 1.807) is 24.0 Å². The van der Waals surface area contributed by atoms with Gasteiger partial charge in [0, 0.05) is 19.7 Å². The fraction of sp³-hybridized carbons (Fsp3) is 0.316. The zero-order valence-corrected chi connectivity index (χ0v) is 16.1. The van der Waals surface area contributed by atoms with E-state index >= 15 is 0 Å². The Morgan fingerprint density at radius 3 is 2.54 bits per heavy atom. The Morgan fingerprint density at radius 2 is 1.85 bits per heavy atom. The van der Waals surface area contributed by atoms with Crippen molar-refractivity contribution in [2.24, 2.45) is 0 Å². The summed E-state index contributed by atoms with van der Waals surface area (Å²) in [7, 11) is -0.671. The van der Waals surface area contributed by atoms with Crippen LogP contribution in [0.3, 0.4) is 0 Å². The number of nitrogens with zero attached hydrogens (tertiary/aromatic N) is 2. The summed E-state index contributed by atoms with van der Waals surface area (Å²) in [5.74, 6) is 0.416. The molecule has 6 nitrogen and oxygen atoms in total. The minimum absolute atomic E-state index is 0.145. The summed E-state index contributed by atoms with van der Waals surface area (Å²) >= 11 is 0. The quantitative estimate of drug-likeness (QED) is 0.828. The van der Waals surface area contributed by atoms with Gasteiger partial charge in [0.25, 0.3) is 5.91 Å². The van der Waals surface area contributed by atoms with Crippen molar-refractivity contribution in [3.05, 3.63) is 53.1 Å². The number of fused-ring (bicyclic) bond motifs is 1. The molecule has 0 N–H and O–H groups in total. The third-order valence-electron chi connectivity index (χ3n) is 4.42. The summed E-state index contributed by atoms with van der Waals surface area (Å²) in [5, 5.41) is 0. The van der Waals surface area contributed by atoms with Gasteiger partial charge in [-0.15, -0.1) is 0 Å². The maximum absolute atomic E-state index is 13.1. The van der Waals surface area contributed by atoms with Crippen LogP contribution in [0.2, 0.25) is 0 Å². The summed E-state index contributed by atoms with van der Waals surface area (Å²) in [4.78, 5) is 14.9. The molecule has 0 atom stereocenters. The number of carbonyl (C=O) groups excluding carboxylic acids is 1. The Morgan fingerprint density at radius 1 is 1.12 bits per heavy atom. The molecule has 2 aromatic carbocycles. The number of carbonyl (C=O) groups is 1. The fourth-order valence-corrected chi connectivity index (χ4v) is 4.05. The number of aryl methyl sites for hydroxylation is 2. The lowest BCUT2D eigenvalue weighted by Crippen LogP contribution is -2.38. The van der Waals surface area contributed by atoms with Crippen LogP contribution in [-0.2, 0) is 10.0 Å². The molecule has 3 rings (SSSR count). The first-order valence-electron chi connectivity index (χ1n) is 8.30. The molecule has 1 aliphatic rings. The molecule has 0 radical (unpaired) electrons. The molecule has 0 saturated carbocycles. The van der Waals surface area contributed by atoms with Gasteiger partial charge in [-0.25, -0.2) is 12.7 Å². The molecule has 138 valence electrons. The molecular weight excluding hydrogens is 352 g/mol. The van der Waals surface area contributed by atoms with E-state index in [1.807, 2.05) is 25.1 Å². The summed E-state index contributed by atoms with van der Waals surface area (Å²) < 4.78 is 31.8. The average molecular weight is 374 g/mol. The van der Waals surface area contributed by atoms with Crippen LogP contribution >= 0.6 is 0 Å². The molecule has 0 bridgehead atoms. The smallest absolute Gasteiger partial charge is 0.258 e. The maximum Gasteiger partial charge on any atom is 0.258 e. The number of sulfonamides is 1. The van der Waals surface area contributed by atoms with Crippen molar-refractivity contribution in [2.75, 3.05) is 32.1 Å². The highest BCUT2D eigenvalue weighted by atomic mass is 32.2. The standard InChI is InChI=1S/C19H22N2O4S/c1-13-5-8-17-16(11-13)21(9-10-25-17)19(22)15-7-6-14(2)18(12-15)26(23,24)20(3)4/h5-8,11-12H,9-10H2,1-4H3. The van der Waals surface area contributed by atoms with Gasteiger partial charge in [-0.3, -0.25) is 4.79 Å². The van der Waals surface area contributed by atoms with Gasteiger partial charge in [-0.05, 0) is 49.2 Å². The van der Waals surface area contributed by atoms with Crippen LogP contribution in [0.25, 0.3) is 0 Å². The number of benzene rings is 2. The Balaban J connectivity index is 2.04. The molecule has 1 aliphatic heterocycles. The van der Waals surface area contributed by atoms with Crippen molar-refractivity contribution in [3.63, 3.8) is 0 Å². The summed E-state index contributed by atoms with van der Waals surface area (Å²) in [5.41, 5.74) is 2.67. The van der Waals surface area contributed by atoms with Crippen LogP contribution in [0.15, 0.2) is 41.3 Å². The first-order valence-corrected chi connectivity index (χ1v) is 9.74. The van der Waals surface area contributed by atoms with Crippen LogP contribution in [0.5, 0.6) is 5.75 Å². The Hall–Kier alpha value is -2.38. The highest BCUT2D eigenvalue weighted by molar-refractivity contribution is 7.89. The van der Waals surface area contributed by atoms with Crippen LogP contribution in [0, 0.1) is 13.8 Å². The van der Waals surface area contributed by atoms with Crippen LogP contribution in [-0.4, -0.2) is 45.9 Å². The normalized spacial score (nSPS) is 14.1. The zero-order valence-electron chi connectivity index (χ0n) is 15.3. The molecule has 1 amide bonds. The monoisotopic (exact) mass is 374 g/mol. The van der Waals surface area contributed by atoms with Crippen LogP contribution < -0.4 is 9.64 Å². The summed E-state index contributed by atoms with van der Waals surface area (Å²) in [6.07, 6.45) is 0. The van der Waals surface area contributed by atoms with Crippen LogP contribution in [0.4, 0.5) is 5.69 Å². The summed E-state index contributed by atoms with van der Waals surface area (Å²) in [6.45, 7) is 4.48. The zero-order chi connectivity index (χ0) is 19.1. The lowest BCUT2D eigenvalue weighted by molar-refractivity contribution is 0.0976. The second-order valence-electron chi connectivity index (χ2n) is 6.54. The van der Waals surface area contributed by atoms with E-state index in [0.717, 1.165) is 9.87 Å². The largest absolute Gasteiger partial charge is 0.490 e.